The molecule has 1 unspecified atom stereocenters. The lowest BCUT2D eigenvalue weighted by Crippen LogP contribution is -2.40. The van der Waals surface area contributed by atoms with Gasteiger partial charge in [0, 0.05) is 32.2 Å². The average molecular weight is 218 g/mol. The Bertz CT molecular complexity index is 174. The van der Waals surface area contributed by atoms with Crippen LogP contribution in [0.3, 0.4) is 0 Å². The maximum absolute atomic E-state index is 5.59. The predicted molar refractivity (Wildman–Crippen MR) is 64.5 cm³/mol. The number of ether oxygens (including phenoxy) is 1. The molecule has 0 aliphatic heterocycles. The largest absolute Gasteiger partial charge is 0.393 e. The molecule has 0 spiro atoms. The lowest BCUT2D eigenvalue weighted by molar-refractivity contribution is 0.125. The number of hydrogen-bond acceptors (Lipinski definition) is 3. The molecule has 0 aliphatic carbocycles. The van der Waals surface area contributed by atoms with Crippen LogP contribution in [0.1, 0.15) is 20.8 Å². The maximum Gasteiger partial charge on any atom is 0.0768 e. The number of nitrogens with zero attached hydrogens (tertiary/aromatic N) is 1. The van der Waals surface area contributed by atoms with E-state index in [2.05, 4.69) is 25.7 Å². The molecular formula is C10H22N2OS. The molecule has 0 saturated carbocycles. The van der Waals surface area contributed by atoms with Crippen LogP contribution in [0.5, 0.6) is 0 Å². The first-order valence-corrected chi connectivity index (χ1v) is 5.42. The van der Waals surface area contributed by atoms with Crippen molar-refractivity contribution < 1.29 is 4.74 Å². The van der Waals surface area contributed by atoms with Crippen LogP contribution in [0.15, 0.2) is 0 Å². The van der Waals surface area contributed by atoms with E-state index in [1.165, 1.54) is 0 Å². The Morgan fingerprint density at radius 3 is 2.36 bits per heavy atom. The summed E-state index contributed by atoms with van der Waals surface area (Å²) in [6, 6.07) is 0.502. The van der Waals surface area contributed by atoms with Crippen molar-refractivity contribution in [3.8, 4) is 0 Å². The highest BCUT2D eigenvalue weighted by atomic mass is 32.1. The molecule has 14 heavy (non-hydrogen) atoms. The van der Waals surface area contributed by atoms with Crippen LogP contribution in [0.25, 0.3) is 0 Å². The third kappa shape index (κ3) is 5.52. The number of hydrogen-bond donors (Lipinski definition) is 1. The molecule has 0 aromatic heterocycles. The quantitative estimate of drug-likeness (QED) is 0.653. The molecule has 0 aliphatic rings. The van der Waals surface area contributed by atoms with E-state index in [1.54, 1.807) is 7.11 Å². The first-order chi connectivity index (χ1) is 6.49. The molecule has 2 N–H and O–H groups in total. The average Bonchev–Trinajstić information content (AvgIpc) is 2.10. The van der Waals surface area contributed by atoms with Crippen LogP contribution in [0.4, 0.5) is 0 Å². The van der Waals surface area contributed by atoms with Crippen molar-refractivity contribution in [2.45, 2.75) is 26.8 Å². The summed E-state index contributed by atoms with van der Waals surface area (Å²) in [7, 11) is 1.72. The Morgan fingerprint density at radius 1 is 1.43 bits per heavy atom. The zero-order chi connectivity index (χ0) is 11.1. The molecule has 0 saturated heterocycles. The molecule has 4 heteroatoms. The van der Waals surface area contributed by atoms with E-state index in [0.717, 1.165) is 19.7 Å². The molecule has 0 radical (unpaired) electrons. The number of rotatable bonds is 7. The highest BCUT2D eigenvalue weighted by Crippen LogP contribution is 2.04. The van der Waals surface area contributed by atoms with Gasteiger partial charge in [0.05, 0.1) is 11.6 Å². The summed E-state index contributed by atoms with van der Waals surface area (Å²) < 4.78 is 5.06. The Balaban J connectivity index is 4.02. The molecular weight excluding hydrogens is 196 g/mol. The highest BCUT2D eigenvalue weighted by Gasteiger charge is 2.14. The van der Waals surface area contributed by atoms with Gasteiger partial charge in [0.2, 0.25) is 0 Å². The predicted octanol–water partition coefficient (Wildman–Crippen LogP) is 1.27. The van der Waals surface area contributed by atoms with Crippen LogP contribution in [0.2, 0.25) is 0 Å². The Kier molecular flexibility index (Phi) is 7.05. The van der Waals surface area contributed by atoms with Crippen molar-refractivity contribution in [1.82, 2.24) is 4.90 Å². The van der Waals surface area contributed by atoms with Gasteiger partial charge in [0.25, 0.3) is 0 Å². The van der Waals surface area contributed by atoms with Crippen molar-refractivity contribution in [2.75, 3.05) is 26.8 Å². The van der Waals surface area contributed by atoms with Gasteiger partial charge in [-0.2, -0.15) is 0 Å². The Morgan fingerprint density at radius 2 is 2.00 bits per heavy atom. The molecule has 0 fully saturated rings. The third-order valence-electron chi connectivity index (χ3n) is 2.31. The Labute approximate surface area is 92.6 Å². The lowest BCUT2D eigenvalue weighted by Gasteiger charge is -2.28. The molecule has 0 aromatic carbocycles. The molecule has 0 rings (SSSR count). The highest BCUT2D eigenvalue weighted by molar-refractivity contribution is 7.80. The van der Waals surface area contributed by atoms with Crippen molar-refractivity contribution in [1.29, 1.82) is 0 Å². The minimum Gasteiger partial charge on any atom is -0.393 e. The fourth-order valence-corrected chi connectivity index (χ4v) is 1.29. The van der Waals surface area contributed by atoms with E-state index < -0.39 is 0 Å². The van der Waals surface area contributed by atoms with Crippen molar-refractivity contribution >= 4 is 17.2 Å². The number of nitrogens with two attached hydrogens (primary N) is 1. The van der Waals surface area contributed by atoms with Crippen molar-refractivity contribution in [3.05, 3.63) is 0 Å². The molecule has 3 nitrogen and oxygen atoms in total. The zero-order valence-electron chi connectivity index (χ0n) is 9.62. The molecule has 1 atom stereocenters. The van der Waals surface area contributed by atoms with Crippen molar-refractivity contribution in [2.24, 2.45) is 11.7 Å². The lowest BCUT2D eigenvalue weighted by atomic mass is 10.1. The first-order valence-electron chi connectivity index (χ1n) is 5.01. The maximum atomic E-state index is 5.59. The minimum absolute atomic E-state index is 0.268. The number of methoxy groups -OCH3 is 1. The third-order valence-corrected chi connectivity index (χ3v) is 2.71. The van der Waals surface area contributed by atoms with Crippen LogP contribution in [-0.4, -0.2) is 42.7 Å². The number of thiocarbonyl (C=S) groups is 1. The van der Waals surface area contributed by atoms with Gasteiger partial charge in [-0.1, -0.05) is 19.1 Å². The second-order valence-corrected chi connectivity index (χ2v) is 4.36. The fraction of sp³-hybridized carbons (Fsp3) is 0.900. The summed E-state index contributed by atoms with van der Waals surface area (Å²) in [5.74, 6) is 0.268. The van der Waals surface area contributed by atoms with Crippen LogP contribution < -0.4 is 5.73 Å². The molecule has 0 aromatic rings. The van der Waals surface area contributed by atoms with Gasteiger partial charge in [0.1, 0.15) is 0 Å². The SMILES string of the molecule is COCCN(CC(C)C(N)=S)C(C)C. The molecule has 0 heterocycles. The van der Waals surface area contributed by atoms with E-state index in [0.29, 0.717) is 11.0 Å². The summed E-state index contributed by atoms with van der Waals surface area (Å²) in [4.78, 5) is 2.92. The summed E-state index contributed by atoms with van der Waals surface area (Å²) in [5.41, 5.74) is 5.59. The fourth-order valence-electron chi connectivity index (χ4n) is 1.21. The van der Waals surface area contributed by atoms with Crippen LogP contribution >= 0.6 is 12.2 Å². The topological polar surface area (TPSA) is 38.5 Å². The Hall–Kier alpha value is -0.190. The second kappa shape index (κ2) is 7.15. The van der Waals surface area contributed by atoms with Crippen LogP contribution in [0, 0.1) is 5.92 Å². The monoisotopic (exact) mass is 218 g/mol. The molecule has 0 bridgehead atoms. The zero-order valence-corrected chi connectivity index (χ0v) is 10.4. The standard InChI is InChI=1S/C10H22N2OS/c1-8(2)12(5-6-13-4)7-9(3)10(11)14/h8-9H,5-7H2,1-4H3,(H2,11,14). The van der Waals surface area contributed by atoms with Gasteiger partial charge >= 0.3 is 0 Å². The normalized spacial score (nSPS) is 13.6. The van der Waals surface area contributed by atoms with E-state index >= 15 is 0 Å². The van der Waals surface area contributed by atoms with E-state index in [-0.39, 0.29) is 5.92 Å². The second-order valence-electron chi connectivity index (χ2n) is 3.88. The van der Waals surface area contributed by atoms with Gasteiger partial charge in [0.15, 0.2) is 0 Å². The molecule has 0 amide bonds. The summed E-state index contributed by atoms with van der Waals surface area (Å²) in [6.45, 7) is 8.99. The summed E-state index contributed by atoms with van der Waals surface area (Å²) in [5, 5.41) is 0. The van der Waals surface area contributed by atoms with Gasteiger partial charge in [-0.25, -0.2) is 0 Å². The first kappa shape index (κ1) is 13.8. The smallest absolute Gasteiger partial charge is 0.0768 e. The van der Waals surface area contributed by atoms with Gasteiger partial charge in [-0.05, 0) is 13.8 Å². The van der Waals surface area contributed by atoms with E-state index in [4.69, 9.17) is 22.7 Å². The minimum atomic E-state index is 0.268. The van der Waals surface area contributed by atoms with Gasteiger partial charge in [-0.15, -0.1) is 0 Å². The van der Waals surface area contributed by atoms with Gasteiger partial charge < -0.3 is 10.5 Å². The van der Waals surface area contributed by atoms with E-state index in [9.17, 15) is 0 Å². The van der Waals surface area contributed by atoms with E-state index in [1.807, 2.05) is 0 Å². The van der Waals surface area contributed by atoms with Gasteiger partial charge in [-0.3, -0.25) is 4.90 Å². The van der Waals surface area contributed by atoms with Crippen molar-refractivity contribution in [3.63, 3.8) is 0 Å². The van der Waals surface area contributed by atoms with Crippen LogP contribution in [-0.2, 0) is 4.74 Å². The molecule has 84 valence electrons. The summed E-state index contributed by atoms with van der Waals surface area (Å²) in [6.07, 6.45) is 0. The summed E-state index contributed by atoms with van der Waals surface area (Å²) >= 11 is 4.96.